The number of alkyl halides is 3. The van der Waals surface area contributed by atoms with E-state index in [0.717, 1.165) is 38.9 Å². The first-order valence-corrected chi connectivity index (χ1v) is 8.84. The van der Waals surface area contributed by atoms with Gasteiger partial charge in [0.1, 0.15) is 5.75 Å². The minimum absolute atomic E-state index is 0. The zero-order valence-electron chi connectivity index (χ0n) is 15.5. The van der Waals surface area contributed by atoms with Crippen LogP contribution in [-0.2, 0) is 4.79 Å². The highest BCUT2D eigenvalue weighted by Crippen LogP contribution is 2.25. The zero-order chi connectivity index (χ0) is 19.2. The number of piperidine rings is 1. The molecule has 0 bridgehead atoms. The van der Waals surface area contributed by atoms with Crippen molar-refractivity contribution in [2.45, 2.75) is 38.6 Å². The van der Waals surface area contributed by atoms with Crippen molar-refractivity contribution in [1.82, 2.24) is 10.2 Å². The smallest absolute Gasteiger partial charge is 0.406 e. The molecule has 1 aliphatic heterocycles. The first-order valence-electron chi connectivity index (χ1n) is 8.84. The number of carbonyl (C=O) groups is 1. The van der Waals surface area contributed by atoms with Gasteiger partial charge in [0.05, 0.1) is 6.04 Å². The quantitative estimate of drug-likeness (QED) is 0.721. The van der Waals surface area contributed by atoms with Crippen molar-refractivity contribution in [2.24, 2.45) is 5.92 Å². The number of hydrogen-bond acceptors (Lipinski definition) is 4. The molecule has 0 saturated carbocycles. The number of carbonyl (C=O) groups excluding carboxylic acids is 1. The van der Waals surface area contributed by atoms with Crippen LogP contribution in [0.1, 0.15) is 26.2 Å². The summed E-state index contributed by atoms with van der Waals surface area (Å²) in [6.07, 6.45) is -1.43. The third-order valence-electron chi connectivity index (χ3n) is 4.73. The second kappa shape index (κ2) is 10.7. The molecule has 1 aromatic carbocycles. The Morgan fingerprint density at radius 1 is 1.26 bits per heavy atom. The molecule has 0 aromatic heterocycles. The van der Waals surface area contributed by atoms with Crippen LogP contribution in [0, 0.1) is 5.92 Å². The molecule has 2 rings (SSSR count). The Bertz CT molecular complexity index is 576. The van der Waals surface area contributed by atoms with Gasteiger partial charge in [-0.2, -0.15) is 0 Å². The molecule has 9 heteroatoms. The summed E-state index contributed by atoms with van der Waals surface area (Å²) in [6, 6.07) is 4.87. The van der Waals surface area contributed by atoms with Crippen LogP contribution < -0.4 is 15.4 Å². The molecule has 0 spiro atoms. The van der Waals surface area contributed by atoms with Crippen molar-refractivity contribution >= 4 is 24.0 Å². The van der Waals surface area contributed by atoms with Gasteiger partial charge in [0.25, 0.3) is 0 Å². The number of anilines is 1. The van der Waals surface area contributed by atoms with Gasteiger partial charge in [-0.05, 0) is 83.1 Å². The minimum atomic E-state index is -4.72. The largest absolute Gasteiger partial charge is 0.573 e. The van der Waals surface area contributed by atoms with E-state index in [-0.39, 0.29) is 30.1 Å². The van der Waals surface area contributed by atoms with E-state index in [9.17, 15) is 18.0 Å². The van der Waals surface area contributed by atoms with Crippen LogP contribution in [0.3, 0.4) is 0 Å². The molecular formula is C18H27ClF3N3O2. The van der Waals surface area contributed by atoms with Gasteiger partial charge in [0.15, 0.2) is 0 Å². The maximum absolute atomic E-state index is 12.4. The highest BCUT2D eigenvalue weighted by atomic mass is 35.5. The van der Waals surface area contributed by atoms with Gasteiger partial charge in [-0.15, -0.1) is 25.6 Å². The number of halogens is 4. The van der Waals surface area contributed by atoms with E-state index in [4.69, 9.17) is 0 Å². The van der Waals surface area contributed by atoms with E-state index >= 15 is 0 Å². The minimum Gasteiger partial charge on any atom is -0.406 e. The Morgan fingerprint density at radius 2 is 1.85 bits per heavy atom. The summed E-state index contributed by atoms with van der Waals surface area (Å²) < 4.78 is 40.3. The highest BCUT2D eigenvalue weighted by Gasteiger charge is 2.31. The van der Waals surface area contributed by atoms with E-state index in [1.165, 1.54) is 24.3 Å². The van der Waals surface area contributed by atoms with Crippen LogP contribution in [0.5, 0.6) is 5.75 Å². The lowest BCUT2D eigenvalue weighted by Gasteiger charge is -2.35. The third kappa shape index (κ3) is 7.94. The first-order chi connectivity index (χ1) is 12.3. The number of benzene rings is 1. The van der Waals surface area contributed by atoms with Gasteiger partial charge in [-0.3, -0.25) is 9.69 Å². The first kappa shape index (κ1) is 23.5. The summed E-state index contributed by atoms with van der Waals surface area (Å²) in [4.78, 5) is 14.6. The van der Waals surface area contributed by atoms with Crippen molar-refractivity contribution in [3.63, 3.8) is 0 Å². The number of nitrogens with one attached hydrogen (secondary N) is 2. The SMILES string of the molecule is CNCCC1CCN(C(C)C(=O)Nc2ccc(OC(F)(F)F)cc2)CC1.Cl. The lowest BCUT2D eigenvalue weighted by atomic mass is 9.93. The molecule has 27 heavy (non-hydrogen) atoms. The van der Waals surface area contributed by atoms with E-state index < -0.39 is 6.36 Å². The summed E-state index contributed by atoms with van der Waals surface area (Å²) in [6.45, 7) is 4.61. The fraction of sp³-hybridized carbons (Fsp3) is 0.611. The van der Waals surface area contributed by atoms with Gasteiger partial charge < -0.3 is 15.4 Å². The van der Waals surface area contributed by atoms with Crippen LogP contribution in [0.2, 0.25) is 0 Å². The number of amides is 1. The Hall–Kier alpha value is -1.51. The maximum atomic E-state index is 12.4. The molecule has 1 heterocycles. The van der Waals surface area contributed by atoms with Crippen LogP contribution >= 0.6 is 12.4 Å². The molecule has 1 aliphatic rings. The number of hydrogen-bond donors (Lipinski definition) is 2. The average Bonchev–Trinajstić information content (AvgIpc) is 2.60. The second-order valence-corrected chi connectivity index (χ2v) is 6.61. The van der Waals surface area contributed by atoms with E-state index in [2.05, 4.69) is 20.3 Å². The number of ether oxygens (including phenoxy) is 1. The normalized spacial score (nSPS) is 17.1. The molecule has 1 aromatic rings. The van der Waals surface area contributed by atoms with Crippen LogP contribution in [0.4, 0.5) is 18.9 Å². The Morgan fingerprint density at radius 3 is 2.37 bits per heavy atom. The molecule has 1 fully saturated rings. The molecule has 0 aliphatic carbocycles. The molecule has 1 saturated heterocycles. The van der Waals surface area contributed by atoms with Crippen molar-refractivity contribution in [1.29, 1.82) is 0 Å². The predicted octanol–water partition coefficient (Wildman–Crippen LogP) is 3.66. The van der Waals surface area contributed by atoms with Gasteiger partial charge >= 0.3 is 6.36 Å². The highest BCUT2D eigenvalue weighted by molar-refractivity contribution is 5.94. The fourth-order valence-corrected chi connectivity index (χ4v) is 3.13. The Kier molecular flexibility index (Phi) is 9.35. The average molecular weight is 410 g/mol. The topological polar surface area (TPSA) is 53.6 Å². The van der Waals surface area contributed by atoms with Gasteiger partial charge in [-0.25, -0.2) is 0 Å². The number of nitrogens with zero attached hydrogens (tertiary/aromatic N) is 1. The van der Waals surface area contributed by atoms with E-state index in [1.54, 1.807) is 0 Å². The van der Waals surface area contributed by atoms with Crippen molar-refractivity contribution < 1.29 is 22.7 Å². The predicted molar refractivity (Wildman–Crippen MR) is 101 cm³/mol. The van der Waals surface area contributed by atoms with E-state index in [0.29, 0.717) is 11.6 Å². The van der Waals surface area contributed by atoms with E-state index in [1.807, 2.05) is 14.0 Å². The van der Waals surface area contributed by atoms with Crippen molar-refractivity contribution in [3.05, 3.63) is 24.3 Å². The monoisotopic (exact) mass is 409 g/mol. The second-order valence-electron chi connectivity index (χ2n) is 6.61. The summed E-state index contributed by atoms with van der Waals surface area (Å²) in [5.74, 6) is 0.213. The zero-order valence-corrected chi connectivity index (χ0v) is 16.3. The Balaban J connectivity index is 0.00000364. The summed E-state index contributed by atoms with van der Waals surface area (Å²) >= 11 is 0. The molecule has 0 radical (unpaired) electrons. The lowest BCUT2D eigenvalue weighted by molar-refractivity contribution is -0.274. The van der Waals surface area contributed by atoms with Crippen molar-refractivity contribution in [2.75, 3.05) is 32.0 Å². The van der Waals surface area contributed by atoms with Crippen LogP contribution in [-0.4, -0.2) is 49.9 Å². The van der Waals surface area contributed by atoms with Gasteiger partial charge in [0.2, 0.25) is 5.91 Å². The fourth-order valence-electron chi connectivity index (χ4n) is 3.13. The lowest BCUT2D eigenvalue weighted by Crippen LogP contribution is -2.46. The number of likely N-dealkylation sites (tertiary alicyclic amines) is 1. The molecule has 1 unspecified atom stereocenters. The molecular weight excluding hydrogens is 383 g/mol. The van der Waals surface area contributed by atoms with Gasteiger partial charge in [-0.1, -0.05) is 0 Å². The molecule has 2 N–H and O–H groups in total. The summed E-state index contributed by atoms with van der Waals surface area (Å²) in [5.41, 5.74) is 0.445. The Labute approximate surface area is 164 Å². The van der Waals surface area contributed by atoms with Crippen LogP contribution in [0.25, 0.3) is 0 Å². The third-order valence-corrected chi connectivity index (χ3v) is 4.73. The standard InChI is InChI=1S/C18H26F3N3O2.ClH/c1-13(24-11-8-14(9-12-24)7-10-22-2)17(25)23-15-3-5-16(6-4-15)26-18(19,20)21;/h3-6,13-14,22H,7-12H2,1-2H3,(H,23,25);1H. The molecule has 1 amide bonds. The summed E-state index contributed by atoms with van der Waals surface area (Å²) in [5, 5.41) is 5.91. The summed E-state index contributed by atoms with van der Waals surface area (Å²) in [7, 11) is 1.95. The molecule has 5 nitrogen and oxygen atoms in total. The van der Waals surface area contributed by atoms with Crippen molar-refractivity contribution in [3.8, 4) is 5.75 Å². The maximum Gasteiger partial charge on any atom is 0.573 e. The molecule has 1 atom stereocenters. The molecule has 154 valence electrons. The number of rotatable bonds is 7. The van der Waals surface area contributed by atoms with Gasteiger partial charge in [0, 0.05) is 5.69 Å². The van der Waals surface area contributed by atoms with Crippen LogP contribution in [0.15, 0.2) is 24.3 Å².